The lowest BCUT2D eigenvalue weighted by molar-refractivity contribution is 0.175. The second-order valence-electron chi connectivity index (χ2n) is 4.33. The average molecular weight is 341 g/mol. The van der Waals surface area contributed by atoms with Crippen LogP contribution in [0.3, 0.4) is 0 Å². The van der Waals surface area contributed by atoms with E-state index < -0.39 is 6.10 Å². The number of methoxy groups -OCH3 is 1. The van der Waals surface area contributed by atoms with Crippen molar-refractivity contribution in [3.63, 3.8) is 0 Å². The van der Waals surface area contributed by atoms with Gasteiger partial charge in [-0.3, -0.25) is 0 Å². The highest BCUT2D eigenvalue weighted by molar-refractivity contribution is 9.10. The normalized spacial score (nSPS) is 12.4. The van der Waals surface area contributed by atoms with Gasteiger partial charge in [-0.25, -0.2) is 0 Å². The maximum Gasteiger partial charge on any atom is 0.125 e. The zero-order valence-corrected chi connectivity index (χ0v) is 13.4. The molecule has 1 aromatic carbocycles. The summed E-state index contributed by atoms with van der Waals surface area (Å²) in [6.45, 7) is 2.14. The van der Waals surface area contributed by atoms with Gasteiger partial charge >= 0.3 is 0 Å². The van der Waals surface area contributed by atoms with Crippen LogP contribution in [0.15, 0.2) is 34.8 Å². The van der Waals surface area contributed by atoms with Crippen molar-refractivity contribution in [3.05, 3.63) is 50.1 Å². The fourth-order valence-corrected chi connectivity index (χ4v) is 3.32. The number of aliphatic hydroxyl groups excluding tert-OH is 1. The van der Waals surface area contributed by atoms with E-state index in [1.54, 1.807) is 18.4 Å². The molecule has 1 aromatic heterocycles. The lowest BCUT2D eigenvalue weighted by Gasteiger charge is -2.14. The zero-order valence-electron chi connectivity index (χ0n) is 11.0. The van der Waals surface area contributed by atoms with E-state index in [0.717, 1.165) is 16.5 Å². The Balaban J connectivity index is 2.17. The Morgan fingerprint density at radius 2 is 2.00 bits per heavy atom. The molecule has 1 unspecified atom stereocenters. The van der Waals surface area contributed by atoms with Gasteiger partial charge in [0.15, 0.2) is 0 Å². The molecule has 2 nitrogen and oxygen atoms in total. The van der Waals surface area contributed by atoms with Gasteiger partial charge in [-0.1, -0.05) is 28.9 Å². The molecule has 1 atom stereocenters. The lowest BCUT2D eigenvalue weighted by atomic mass is 10.0. The van der Waals surface area contributed by atoms with Crippen molar-refractivity contribution in [2.75, 3.05) is 7.11 Å². The van der Waals surface area contributed by atoms with E-state index in [2.05, 4.69) is 35.0 Å². The lowest BCUT2D eigenvalue weighted by Crippen LogP contribution is -2.03. The van der Waals surface area contributed by atoms with Gasteiger partial charge in [0.25, 0.3) is 0 Å². The number of halogens is 1. The Hall–Kier alpha value is -0.840. The summed E-state index contributed by atoms with van der Waals surface area (Å²) in [4.78, 5) is 2.55. The van der Waals surface area contributed by atoms with Crippen LogP contribution < -0.4 is 4.74 Å². The van der Waals surface area contributed by atoms with Crippen LogP contribution in [0.5, 0.6) is 5.75 Å². The topological polar surface area (TPSA) is 29.5 Å². The minimum absolute atomic E-state index is 0.536. The number of ether oxygens (including phenoxy) is 1. The molecule has 2 rings (SSSR count). The first-order valence-electron chi connectivity index (χ1n) is 6.23. The third-order valence-electron chi connectivity index (χ3n) is 3.01. The van der Waals surface area contributed by atoms with E-state index in [9.17, 15) is 5.11 Å². The highest BCUT2D eigenvalue weighted by Gasteiger charge is 2.15. The van der Waals surface area contributed by atoms with Gasteiger partial charge in [0.05, 0.1) is 13.2 Å². The van der Waals surface area contributed by atoms with Crippen LogP contribution in [0.1, 0.15) is 28.3 Å². The summed E-state index contributed by atoms with van der Waals surface area (Å²) in [6, 6.07) is 9.93. The maximum atomic E-state index is 10.4. The second kappa shape index (κ2) is 6.55. The molecule has 0 radical (unpaired) electrons. The van der Waals surface area contributed by atoms with Gasteiger partial charge in [-0.2, -0.15) is 0 Å². The van der Waals surface area contributed by atoms with Crippen LogP contribution in [0, 0.1) is 0 Å². The average Bonchev–Trinajstić information content (AvgIpc) is 2.86. The Bertz CT molecular complexity index is 551. The van der Waals surface area contributed by atoms with Crippen LogP contribution in [0.4, 0.5) is 0 Å². The van der Waals surface area contributed by atoms with Gasteiger partial charge in [0.2, 0.25) is 0 Å². The highest BCUT2D eigenvalue weighted by atomic mass is 79.9. The predicted molar refractivity (Wildman–Crippen MR) is 83.1 cm³/mol. The van der Waals surface area contributed by atoms with Crippen molar-refractivity contribution in [1.29, 1.82) is 0 Å². The quantitative estimate of drug-likeness (QED) is 0.876. The fraction of sp³-hybridized carbons (Fsp3) is 0.333. The Morgan fingerprint density at radius 1 is 1.26 bits per heavy atom. The third kappa shape index (κ3) is 3.59. The summed E-state index contributed by atoms with van der Waals surface area (Å²) in [5, 5.41) is 10.4. The SMILES string of the molecule is CCc1ccc(CC(O)c2ccc(Br)cc2OC)s1. The second-order valence-corrected chi connectivity index (χ2v) is 6.50. The fourth-order valence-electron chi connectivity index (χ4n) is 1.98. The molecule has 19 heavy (non-hydrogen) atoms. The summed E-state index contributed by atoms with van der Waals surface area (Å²) in [7, 11) is 1.62. The molecule has 0 saturated carbocycles. The largest absolute Gasteiger partial charge is 0.496 e. The van der Waals surface area contributed by atoms with Crippen LogP contribution in [0.2, 0.25) is 0 Å². The van der Waals surface area contributed by atoms with E-state index in [1.807, 2.05) is 18.2 Å². The molecule has 0 bridgehead atoms. The first-order valence-corrected chi connectivity index (χ1v) is 7.84. The number of hydrogen-bond donors (Lipinski definition) is 1. The monoisotopic (exact) mass is 340 g/mol. The van der Waals surface area contributed by atoms with E-state index >= 15 is 0 Å². The van der Waals surface area contributed by atoms with E-state index in [4.69, 9.17) is 4.74 Å². The molecule has 2 aromatic rings. The number of aryl methyl sites for hydroxylation is 1. The standard InChI is InChI=1S/C15H17BrO2S/c1-3-11-5-6-12(19-11)9-14(17)13-7-4-10(16)8-15(13)18-2/h4-8,14,17H,3,9H2,1-2H3. The number of aliphatic hydroxyl groups is 1. The third-order valence-corrected chi connectivity index (χ3v) is 4.76. The van der Waals surface area contributed by atoms with Crippen molar-refractivity contribution in [3.8, 4) is 5.75 Å². The van der Waals surface area contributed by atoms with Crippen molar-refractivity contribution < 1.29 is 9.84 Å². The molecular weight excluding hydrogens is 324 g/mol. The summed E-state index contributed by atoms with van der Waals surface area (Å²) in [5.41, 5.74) is 0.831. The maximum absolute atomic E-state index is 10.4. The molecule has 1 N–H and O–H groups in total. The van der Waals surface area contributed by atoms with Crippen LogP contribution in [-0.4, -0.2) is 12.2 Å². The highest BCUT2D eigenvalue weighted by Crippen LogP contribution is 2.31. The molecule has 0 saturated heterocycles. The molecule has 4 heteroatoms. The van der Waals surface area contributed by atoms with Gasteiger partial charge in [0.1, 0.15) is 5.75 Å². The minimum atomic E-state index is -0.536. The number of hydrogen-bond acceptors (Lipinski definition) is 3. The van der Waals surface area contributed by atoms with Crippen LogP contribution in [0.25, 0.3) is 0 Å². The number of benzene rings is 1. The Kier molecular flexibility index (Phi) is 5.02. The summed E-state index contributed by atoms with van der Waals surface area (Å²) in [6.07, 6.45) is 1.14. The van der Waals surface area contributed by atoms with Gasteiger partial charge < -0.3 is 9.84 Å². The van der Waals surface area contributed by atoms with Gasteiger partial charge in [-0.15, -0.1) is 11.3 Å². The molecule has 1 heterocycles. The Labute approximate surface area is 126 Å². The van der Waals surface area contributed by atoms with Crippen molar-refractivity contribution in [2.24, 2.45) is 0 Å². The van der Waals surface area contributed by atoms with Crippen LogP contribution >= 0.6 is 27.3 Å². The summed E-state index contributed by atoms with van der Waals surface area (Å²) in [5.74, 6) is 0.717. The molecular formula is C15H17BrO2S. The molecule has 0 amide bonds. The smallest absolute Gasteiger partial charge is 0.125 e. The van der Waals surface area contributed by atoms with E-state index in [1.165, 1.54) is 9.75 Å². The van der Waals surface area contributed by atoms with Gasteiger partial charge in [-0.05, 0) is 30.7 Å². The van der Waals surface area contributed by atoms with Crippen molar-refractivity contribution >= 4 is 27.3 Å². The molecule has 0 aliphatic heterocycles. The number of rotatable bonds is 5. The molecule has 102 valence electrons. The van der Waals surface area contributed by atoms with Crippen LogP contribution in [-0.2, 0) is 12.8 Å². The Morgan fingerprint density at radius 3 is 2.63 bits per heavy atom. The van der Waals surface area contributed by atoms with E-state index in [-0.39, 0.29) is 0 Å². The molecule has 0 aliphatic carbocycles. The van der Waals surface area contributed by atoms with Crippen molar-refractivity contribution in [2.45, 2.75) is 25.9 Å². The first kappa shape index (κ1) is 14.6. The first-order chi connectivity index (χ1) is 9.13. The van der Waals surface area contributed by atoms with Crippen molar-refractivity contribution in [1.82, 2.24) is 0 Å². The van der Waals surface area contributed by atoms with E-state index in [0.29, 0.717) is 12.2 Å². The predicted octanol–water partition coefficient (Wildman–Crippen LogP) is 4.36. The summed E-state index contributed by atoms with van der Waals surface area (Å²) < 4.78 is 6.27. The zero-order chi connectivity index (χ0) is 13.8. The molecule has 0 aliphatic rings. The number of thiophene rings is 1. The summed E-state index contributed by atoms with van der Waals surface area (Å²) >= 11 is 5.17. The minimum Gasteiger partial charge on any atom is -0.496 e. The van der Waals surface area contributed by atoms with Gasteiger partial charge in [0, 0.05) is 26.2 Å². The molecule has 0 fully saturated rings. The molecule has 0 spiro atoms.